The molecule has 0 atom stereocenters. The minimum absolute atomic E-state index is 0.102. The topological polar surface area (TPSA) is 55.8 Å². The highest BCUT2D eigenvalue weighted by molar-refractivity contribution is 6.01. The minimum atomic E-state index is -1.000. The lowest BCUT2D eigenvalue weighted by Crippen LogP contribution is -2.10. The van der Waals surface area contributed by atoms with Gasteiger partial charge >= 0.3 is 5.97 Å². The molecule has 0 radical (unpaired) electrons. The molecule has 100 valence electrons. The Morgan fingerprint density at radius 1 is 1.21 bits per heavy atom. The molecule has 2 aromatic carbocycles. The Morgan fingerprint density at radius 2 is 1.89 bits per heavy atom. The molecule has 2 aromatic rings. The smallest absolute Gasteiger partial charge is 0.339 e. The number of rotatable bonds is 4. The molecule has 0 aliphatic rings. The summed E-state index contributed by atoms with van der Waals surface area (Å²) in [6.45, 7) is 3.73. The van der Waals surface area contributed by atoms with Gasteiger partial charge in [0.25, 0.3) is 0 Å². The first-order chi connectivity index (χ1) is 9.02. The Balaban J connectivity index is 2.72. The molecule has 0 aliphatic heterocycles. The van der Waals surface area contributed by atoms with Gasteiger partial charge in [-0.25, -0.2) is 4.79 Å². The van der Waals surface area contributed by atoms with Crippen molar-refractivity contribution in [1.29, 1.82) is 0 Å². The number of methoxy groups -OCH3 is 1. The Hall–Kier alpha value is -2.23. The van der Waals surface area contributed by atoms with Gasteiger partial charge in [-0.1, -0.05) is 12.1 Å². The maximum absolute atomic E-state index is 11.3. The van der Waals surface area contributed by atoms with Crippen LogP contribution in [0.1, 0.15) is 24.2 Å². The van der Waals surface area contributed by atoms with E-state index >= 15 is 0 Å². The Kier molecular flexibility index (Phi) is 3.60. The highest BCUT2D eigenvalue weighted by Gasteiger charge is 2.16. The predicted molar refractivity (Wildman–Crippen MR) is 73.2 cm³/mol. The van der Waals surface area contributed by atoms with Crippen molar-refractivity contribution in [2.24, 2.45) is 0 Å². The minimum Gasteiger partial charge on any atom is -0.497 e. The maximum atomic E-state index is 11.3. The molecule has 0 bridgehead atoms. The SMILES string of the molecule is COc1ccc2ccc(C(=O)O)c(OC(C)C)c2c1. The number of carboxylic acid groups (broad SMARTS) is 1. The summed E-state index contributed by atoms with van der Waals surface area (Å²) in [6.07, 6.45) is -0.102. The van der Waals surface area contributed by atoms with E-state index in [4.69, 9.17) is 9.47 Å². The summed E-state index contributed by atoms with van der Waals surface area (Å²) in [4.78, 5) is 11.3. The average Bonchev–Trinajstić information content (AvgIpc) is 2.37. The number of aromatic carboxylic acids is 1. The summed E-state index contributed by atoms with van der Waals surface area (Å²) < 4.78 is 10.9. The van der Waals surface area contributed by atoms with Gasteiger partial charge in [0.1, 0.15) is 17.1 Å². The quantitative estimate of drug-likeness (QED) is 0.916. The number of benzene rings is 2. The predicted octanol–water partition coefficient (Wildman–Crippen LogP) is 3.33. The lowest BCUT2D eigenvalue weighted by molar-refractivity contribution is 0.0691. The first-order valence-electron chi connectivity index (χ1n) is 6.03. The zero-order valence-corrected chi connectivity index (χ0v) is 11.1. The Bertz CT molecular complexity index is 617. The number of hydrogen-bond donors (Lipinski definition) is 1. The average molecular weight is 260 g/mol. The second-order valence-corrected chi connectivity index (χ2v) is 4.50. The molecule has 4 heteroatoms. The Labute approximate surface area is 111 Å². The van der Waals surface area contributed by atoms with Crippen LogP contribution in [0.25, 0.3) is 10.8 Å². The molecule has 2 rings (SSSR count). The second-order valence-electron chi connectivity index (χ2n) is 4.50. The lowest BCUT2D eigenvalue weighted by Gasteiger charge is -2.15. The van der Waals surface area contributed by atoms with Crippen molar-refractivity contribution in [3.8, 4) is 11.5 Å². The van der Waals surface area contributed by atoms with E-state index < -0.39 is 5.97 Å². The second kappa shape index (κ2) is 5.18. The van der Waals surface area contributed by atoms with Gasteiger partial charge < -0.3 is 14.6 Å². The van der Waals surface area contributed by atoms with E-state index in [1.54, 1.807) is 25.3 Å². The summed E-state index contributed by atoms with van der Waals surface area (Å²) in [5.41, 5.74) is 0.162. The summed E-state index contributed by atoms with van der Waals surface area (Å²) >= 11 is 0. The van der Waals surface area contributed by atoms with E-state index in [1.807, 2.05) is 26.0 Å². The first kappa shape index (κ1) is 13.2. The van der Waals surface area contributed by atoms with Crippen molar-refractivity contribution in [3.63, 3.8) is 0 Å². The molecule has 0 heterocycles. The molecule has 0 unspecified atom stereocenters. The third-order valence-corrected chi connectivity index (χ3v) is 2.76. The normalized spacial score (nSPS) is 10.7. The number of carbonyl (C=O) groups is 1. The fraction of sp³-hybridized carbons (Fsp3) is 0.267. The van der Waals surface area contributed by atoms with Gasteiger partial charge in [0.15, 0.2) is 0 Å². The van der Waals surface area contributed by atoms with E-state index in [1.165, 1.54) is 0 Å². The molecule has 1 N–H and O–H groups in total. The van der Waals surface area contributed by atoms with Crippen LogP contribution in [0.15, 0.2) is 30.3 Å². The zero-order valence-electron chi connectivity index (χ0n) is 11.1. The summed E-state index contributed by atoms with van der Waals surface area (Å²) in [6, 6.07) is 8.84. The van der Waals surface area contributed by atoms with Crippen LogP contribution < -0.4 is 9.47 Å². The molecule has 0 spiro atoms. The summed E-state index contributed by atoms with van der Waals surface area (Å²) in [5.74, 6) is 0.0583. The molecule has 0 aliphatic carbocycles. The first-order valence-corrected chi connectivity index (χ1v) is 6.03. The van der Waals surface area contributed by atoms with Crippen LogP contribution >= 0.6 is 0 Å². The molecule has 0 fully saturated rings. The fourth-order valence-electron chi connectivity index (χ4n) is 1.93. The van der Waals surface area contributed by atoms with Crippen molar-refractivity contribution < 1.29 is 19.4 Å². The van der Waals surface area contributed by atoms with Crippen molar-refractivity contribution in [3.05, 3.63) is 35.9 Å². The Morgan fingerprint density at radius 3 is 2.47 bits per heavy atom. The number of hydrogen-bond acceptors (Lipinski definition) is 3. The molecule has 0 amide bonds. The molecule has 0 aromatic heterocycles. The molecular weight excluding hydrogens is 244 g/mol. The zero-order chi connectivity index (χ0) is 14.0. The highest BCUT2D eigenvalue weighted by atomic mass is 16.5. The van der Waals surface area contributed by atoms with Crippen molar-refractivity contribution in [1.82, 2.24) is 0 Å². The van der Waals surface area contributed by atoms with Crippen molar-refractivity contribution in [2.45, 2.75) is 20.0 Å². The molecule has 0 saturated heterocycles. The molecule has 19 heavy (non-hydrogen) atoms. The van der Waals surface area contributed by atoms with Gasteiger partial charge in [-0.05, 0) is 37.4 Å². The fourth-order valence-corrected chi connectivity index (χ4v) is 1.93. The highest BCUT2D eigenvalue weighted by Crippen LogP contribution is 2.33. The van der Waals surface area contributed by atoms with Crippen LogP contribution in [0.2, 0.25) is 0 Å². The third-order valence-electron chi connectivity index (χ3n) is 2.76. The van der Waals surface area contributed by atoms with Gasteiger partial charge in [-0.15, -0.1) is 0 Å². The van der Waals surface area contributed by atoms with Crippen molar-refractivity contribution >= 4 is 16.7 Å². The van der Waals surface area contributed by atoms with Gasteiger partial charge in [0.2, 0.25) is 0 Å². The van der Waals surface area contributed by atoms with E-state index in [9.17, 15) is 9.90 Å². The lowest BCUT2D eigenvalue weighted by atomic mass is 10.0. The van der Waals surface area contributed by atoms with Crippen LogP contribution in [-0.4, -0.2) is 24.3 Å². The van der Waals surface area contributed by atoms with E-state index in [0.29, 0.717) is 11.5 Å². The molecule has 4 nitrogen and oxygen atoms in total. The van der Waals surface area contributed by atoms with Crippen LogP contribution in [0, 0.1) is 0 Å². The third kappa shape index (κ3) is 2.62. The maximum Gasteiger partial charge on any atom is 0.339 e. The standard InChI is InChI=1S/C15H16O4/c1-9(2)19-14-12(15(16)17)7-5-10-4-6-11(18-3)8-13(10)14/h4-9H,1-3H3,(H,16,17). The number of carboxylic acids is 1. The van der Waals surface area contributed by atoms with Gasteiger partial charge in [-0.2, -0.15) is 0 Å². The van der Waals surface area contributed by atoms with Gasteiger partial charge in [0, 0.05) is 5.39 Å². The summed E-state index contributed by atoms with van der Waals surface area (Å²) in [5, 5.41) is 10.9. The monoisotopic (exact) mass is 260 g/mol. The van der Waals surface area contributed by atoms with Crippen LogP contribution in [-0.2, 0) is 0 Å². The number of fused-ring (bicyclic) bond motifs is 1. The van der Waals surface area contributed by atoms with Gasteiger partial charge in [-0.3, -0.25) is 0 Å². The van der Waals surface area contributed by atoms with Crippen molar-refractivity contribution in [2.75, 3.05) is 7.11 Å². The number of ether oxygens (including phenoxy) is 2. The van der Waals surface area contributed by atoms with E-state index in [0.717, 1.165) is 10.8 Å². The molecule has 0 saturated carbocycles. The van der Waals surface area contributed by atoms with E-state index in [-0.39, 0.29) is 11.7 Å². The van der Waals surface area contributed by atoms with Crippen LogP contribution in [0.3, 0.4) is 0 Å². The summed E-state index contributed by atoms with van der Waals surface area (Å²) in [7, 11) is 1.57. The molecular formula is C15H16O4. The largest absolute Gasteiger partial charge is 0.497 e. The van der Waals surface area contributed by atoms with Crippen LogP contribution in [0.4, 0.5) is 0 Å². The van der Waals surface area contributed by atoms with Gasteiger partial charge in [0.05, 0.1) is 13.2 Å². The van der Waals surface area contributed by atoms with Crippen LogP contribution in [0.5, 0.6) is 11.5 Å². The van der Waals surface area contributed by atoms with E-state index in [2.05, 4.69) is 0 Å².